The van der Waals surface area contributed by atoms with Crippen molar-refractivity contribution in [3.05, 3.63) is 33.5 Å². The van der Waals surface area contributed by atoms with E-state index >= 15 is 0 Å². The van der Waals surface area contributed by atoms with E-state index in [0.717, 1.165) is 30.6 Å². The quantitative estimate of drug-likeness (QED) is 0.828. The zero-order chi connectivity index (χ0) is 11.4. The second-order valence-corrected chi connectivity index (χ2v) is 4.71. The lowest BCUT2D eigenvalue weighted by Crippen LogP contribution is -2.29. The molecular formula is C12H17ClN2OS. The highest BCUT2D eigenvalue weighted by molar-refractivity contribution is 7.08. The Balaban J connectivity index is 0.00000144. The van der Waals surface area contributed by atoms with Gasteiger partial charge in [0.05, 0.1) is 5.56 Å². The zero-order valence-electron chi connectivity index (χ0n) is 9.79. The maximum Gasteiger partial charge on any atom is 0.252 e. The number of thiophene rings is 1. The summed E-state index contributed by atoms with van der Waals surface area (Å²) in [6, 6.07) is 0. The fraction of sp³-hybridized carbons (Fsp3) is 0.417. The molecule has 2 heterocycles. The summed E-state index contributed by atoms with van der Waals surface area (Å²) < 4.78 is 0. The molecule has 0 aliphatic carbocycles. The number of aryl methyl sites for hydroxylation is 1. The largest absolute Gasteiger partial charge is 0.348 e. The molecule has 94 valence electrons. The van der Waals surface area contributed by atoms with Crippen LogP contribution in [0.4, 0.5) is 0 Å². The Morgan fingerprint density at radius 1 is 1.53 bits per heavy atom. The molecule has 1 aliphatic heterocycles. The van der Waals surface area contributed by atoms with Crippen molar-refractivity contribution < 1.29 is 4.79 Å². The average Bonchev–Trinajstić information content (AvgIpc) is 2.74. The maximum atomic E-state index is 11.8. The van der Waals surface area contributed by atoms with Crippen LogP contribution in [-0.2, 0) is 0 Å². The van der Waals surface area contributed by atoms with E-state index in [1.807, 2.05) is 17.7 Å². The number of hydrogen-bond acceptors (Lipinski definition) is 3. The molecule has 0 aromatic carbocycles. The summed E-state index contributed by atoms with van der Waals surface area (Å²) in [6.45, 7) is 4.58. The fourth-order valence-electron chi connectivity index (χ4n) is 1.71. The highest BCUT2D eigenvalue weighted by Gasteiger charge is 2.10. The normalized spacial score (nSPS) is 14.8. The van der Waals surface area contributed by atoms with Crippen LogP contribution in [0.2, 0.25) is 0 Å². The van der Waals surface area contributed by atoms with Gasteiger partial charge in [0.25, 0.3) is 5.91 Å². The third-order valence-corrected chi connectivity index (χ3v) is 3.60. The second kappa shape index (κ2) is 6.79. The second-order valence-electron chi connectivity index (χ2n) is 3.97. The Labute approximate surface area is 112 Å². The van der Waals surface area contributed by atoms with Gasteiger partial charge >= 0.3 is 0 Å². The van der Waals surface area contributed by atoms with Crippen molar-refractivity contribution in [3.8, 4) is 0 Å². The van der Waals surface area contributed by atoms with E-state index in [2.05, 4.69) is 16.7 Å². The maximum absolute atomic E-state index is 11.8. The minimum atomic E-state index is 0. The third kappa shape index (κ3) is 3.84. The Morgan fingerprint density at radius 2 is 2.35 bits per heavy atom. The molecule has 0 spiro atoms. The van der Waals surface area contributed by atoms with Crippen molar-refractivity contribution in [1.82, 2.24) is 10.6 Å². The first kappa shape index (κ1) is 14.2. The van der Waals surface area contributed by atoms with E-state index in [0.29, 0.717) is 6.54 Å². The minimum absolute atomic E-state index is 0. The lowest BCUT2D eigenvalue weighted by molar-refractivity contribution is 0.0956. The summed E-state index contributed by atoms with van der Waals surface area (Å²) in [5.41, 5.74) is 3.18. The van der Waals surface area contributed by atoms with E-state index in [9.17, 15) is 4.79 Å². The van der Waals surface area contributed by atoms with E-state index < -0.39 is 0 Å². The molecule has 1 aliphatic rings. The summed E-state index contributed by atoms with van der Waals surface area (Å²) in [6.07, 6.45) is 3.19. The summed E-state index contributed by atoms with van der Waals surface area (Å²) >= 11 is 1.57. The van der Waals surface area contributed by atoms with Gasteiger partial charge in [-0.3, -0.25) is 4.79 Å². The average molecular weight is 273 g/mol. The van der Waals surface area contributed by atoms with Crippen LogP contribution in [-0.4, -0.2) is 25.5 Å². The summed E-state index contributed by atoms with van der Waals surface area (Å²) in [5.74, 6) is 0.0400. The molecule has 0 unspecified atom stereocenters. The van der Waals surface area contributed by atoms with Gasteiger partial charge in [-0.15, -0.1) is 12.4 Å². The third-order valence-electron chi connectivity index (χ3n) is 2.73. The van der Waals surface area contributed by atoms with Gasteiger partial charge in [0, 0.05) is 18.5 Å². The van der Waals surface area contributed by atoms with Gasteiger partial charge in [-0.05, 0) is 30.8 Å². The van der Waals surface area contributed by atoms with Crippen LogP contribution in [0.15, 0.2) is 22.4 Å². The lowest BCUT2D eigenvalue weighted by atomic mass is 10.1. The molecule has 5 heteroatoms. The fourth-order valence-corrected chi connectivity index (χ4v) is 2.54. The molecule has 0 bridgehead atoms. The predicted molar refractivity (Wildman–Crippen MR) is 74.2 cm³/mol. The van der Waals surface area contributed by atoms with E-state index in [-0.39, 0.29) is 18.3 Å². The molecule has 2 N–H and O–H groups in total. The molecule has 1 aromatic rings. The van der Waals surface area contributed by atoms with Crippen LogP contribution in [0.1, 0.15) is 22.3 Å². The van der Waals surface area contributed by atoms with Gasteiger partial charge in [0.1, 0.15) is 0 Å². The molecule has 1 amide bonds. The summed E-state index contributed by atoms with van der Waals surface area (Å²) in [4.78, 5) is 11.8. The highest BCUT2D eigenvalue weighted by atomic mass is 35.5. The molecule has 3 nitrogen and oxygen atoms in total. The van der Waals surface area contributed by atoms with Gasteiger partial charge in [-0.1, -0.05) is 11.6 Å². The Bertz CT molecular complexity index is 414. The van der Waals surface area contributed by atoms with E-state index in [1.165, 1.54) is 5.57 Å². The van der Waals surface area contributed by atoms with Crippen LogP contribution in [0.25, 0.3) is 0 Å². The SMILES string of the molecule is Cc1cscc1C(=O)NCC1=CCNCC1.Cl. The number of rotatable bonds is 3. The number of nitrogens with one attached hydrogen (secondary N) is 2. The van der Waals surface area contributed by atoms with Gasteiger partial charge in [-0.2, -0.15) is 11.3 Å². The minimum Gasteiger partial charge on any atom is -0.348 e. The van der Waals surface area contributed by atoms with Gasteiger partial charge in [-0.25, -0.2) is 0 Å². The molecule has 0 saturated carbocycles. The molecule has 0 atom stereocenters. The van der Waals surface area contributed by atoms with Crippen molar-refractivity contribution in [2.45, 2.75) is 13.3 Å². The lowest BCUT2D eigenvalue weighted by Gasteiger charge is -2.14. The molecule has 0 fully saturated rings. The van der Waals surface area contributed by atoms with Gasteiger partial charge in [0.15, 0.2) is 0 Å². The predicted octanol–water partition coefficient (Wildman–Crippen LogP) is 2.13. The monoisotopic (exact) mass is 272 g/mol. The standard InChI is InChI=1S/C12H16N2OS.ClH/c1-9-7-16-8-11(9)12(15)14-6-10-2-4-13-5-3-10;/h2,7-8,13H,3-6H2,1H3,(H,14,15);1H. The zero-order valence-corrected chi connectivity index (χ0v) is 11.4. The number of hydrogen-bond donors (Lipinski definition) is 2. The van der Waals surface area contributed by atoms with Crippen LogP contribution in [0.5, 0.6) is 0 Å². The van der Waals surface area contributed by atoms with E-state index in [4.69, 9.17) is 0 Å². The smallest absolute Gasteiger partial charge is 0.252 e. The molecule has 1 aromatic heterocycles. The van der Waals surface area contributed by atoms with Gasteiger partial charge < -0.3 is 10.6 Å². The molecular weight excluding hydrogens is 256 g/mol. The summed E-state index contributed by atoms with van der Waals surface area (Å²) in [5, 5.41) is 10.1. The molecule has 0 saturated heterocycles. The van der Waals surface area contributed by atoms with Crippen LogP contribution >= 0.6 is 23.7 Å². The first-order chi connectivity index (χ1) is 7.77. The highest BCUT2D eigenvalue weighted by Crippen LogP contribution is 2.13. The first-order valence-electron chi connectivity index (χ1n) is 5.47. The number of amides is 1. The van der Waals surface area contributed by atoms with Crippen LogP contribution in [0, 0.1) is 6.92 Å². The van der Waals surface area contributed by atoms with Crippen molar-refractivity contribution in [1.29, 1.82) is 0 Å². The molecule has 0 radical (unpaired) electrons. The number of carbonyl (C=O) groups is 1. The van der Waals surface area contributed by atoms with Crippen molar-refractivity contribution in [2.24, 2.45) is 0 Å². The van der Waals surface area contributed by atoms with Crippen LogP contribution in [0.3, 0.4) is 0 Å². The topological polar surface area (TPSA) is 41.1 Å². The molecule has 2 rings (SSSR count). The van der Waals surface area contributed by atoms with Crippen LogP contribution < -0.4 is 10.6 Å². The Hall–Kier alpha value is -0.840. The molecule has 17 heavy (non-hydrogen) atoms. The number of carbonyl (C=O) groups excluding carboxylic acids is 1. The Kier molecular flexibility index (Phi) is 5.68. The van der Waals surface area contributed by atoms with Gasteiger partial charge in [0.2, 0.25) is 0 Å². The summed E-state index contributed by atoms with van der Waals surface area (Å²) in [7, 11) is 0. The van der Waals surface area contributed by atoms with E-state index in [1.54, 1.807) is 11.3 Å². The van der Waals surface area contributed by atoms with Crippen molar-refractivity contribution in [3.63, 3.8) is 0 Å². The Morgan fingerprint density at radius 3 is 2.94 bits per heavy atom. The van der Waals surface area contributed by atoms with Crippen molar-refractivity contribution >= 4 is 29.7 Å². The number of halogens is 1. The van der Waals surface area contributed by atoms with Crippen molar-refractivity contribution in [2.75, 3.05) is 19.6 Å². The first-order valence-corrected chi connectivity index (χ1v) is 6.41.